The van der Waals surface area contributed by atoms with E-state index in [0.29, 0.717) is 28.7 Å². The van der Waals surface area contributed by atoms with Crippen LogP contribution in [0.25, 0.3) is 10.9 Å². The normalized spacial score (nSPS) is 28.2. The molecule has 8 heteroatoms. The third-order valence-electron chi connectivity index (χ3n) is 6.02. The van der Waals surface area contributed by atoms with Crippen molar-refractivity contribution in [2.45, 2.75) is 25.0 Å². The number of ether oxygens (including phenoxy) is 1. The van der Waals surface area contributed by atoms with Crippen LogP contribution in [0.15, 0.2) is 43.1 Å². The van der Waals surface area contributed by atoms with Gasteiger partial charge < -0.3 is 4.74 Å². The molecule has 0 saturated carbocycles. The maximum absolute atomic E-state index is 11.7. The first-order valence-electron chi connectivity index (χ1n) is 9.34. The van der Waals surface area contributed by atoms with Crippen LogP contribution >= 0.6 is 0 Å². The molecule has 2 bridgehead atoms. The minimum atomic E-state index is -4.64. The van der Waals surface area contributed by atoms with Gasteiger partial charge in [-0.3, -0.25) is 14.4 Å². The van der Waals surface area contributed by atoms with Crippen LogP contribution in [0.4, 0.5) is 0 Å². The van der Waals surface area contributed by atoms with E-state index in [1.165, 1.54) is 0 Å². The smallest absolute Gasteiger partial charge is 0.398 e. The molecule has 5 unspecified atom stereocenters. The van der Waals surface area contributed by atoms with Gasteiger partial charge in [0.15, 0.2) is 0 Å². The first-order chi connectivity index (χ1) is 13.4. The van der Waals surface area contributed by atoms with Gasteiger partial charge in [-0.25, -0.2) is 4.18 Å². The largest absolute Gasteiger partial charge is 0.497 e. The summed E-state index contributed by atoms with van der Waals surface area (Å²) in [6.45, 7) is 5.62. The molecular formula is C20H24N2O5S. The molecule has 2 aromatic rings. The van der Waals surface area contributed by atoms with E-state index in [4.69, 9.17) is 8.92 Å². The fraction of sp³-hybridized carbons (Fsp3) is 0.450. The van der Waals surface area contributed by atoms with Crippen molar-refractivity contribution in [3.63, 3.8) is 0 Å². The Morgan fingerprint density at radius 3 is 2.86 bits per heavy atom. The lowest BCUT2D eigenvalue weighted by Crippen LogP contribution is -2.55. The number of piperidine rings is 3. The number of nitrogens with zero attached hydrogens (tertiary/aromatic N) is 2. The third-order valence-corrected chi connectivity index (χ3v) is 6.47. The molecule has 3 saturated heterocycles. The first-order valence-corrected chi connectivity index (χ1v) is 10.7. The van der Waals surface area contributed by atoms with E-state index in [1.54, 1.807) is 25.4 Å². The van der Waals surface area contributed by atoms with Gasteiger partial charge in [-0.2, -0.15) is 8.42 Å². The summed E-state index contributed by atoms with van der Waals surface area (Å²) in [4.78, 5) is 6.61. The van der Waals surface area contributed by atoms with Gasteiger partial charge in [0.2, 0.25) is 0 Å². The molecule has 0 spiro atoms. The zero-order chi connectivity index (χ0) is 19.9. The van der Waals surface area contributed by atoms with Gasteiger partial charge in [-0.15, -0.1) is 6.58 Å². The van der Waals surface area contributed by atoms with Crippen LogP contribution in [0.1, 0.15) is 24.5 Å². The zero-order valence-corrected chi connectivity index (χ0v) is 16.5. The van der Waals surface area contributed by atoms with E-state index < -0.39 is 16.5 Å². The predicted octanol–water partition coefficient (Wildman–Crippen LogP) is 3.00. The van der Waals surface area contributed by atoms with E-state index >= 15 is 0 Å². The second-order valence-corrected chi connectivity index (χ2v) is 8.52. The molecule has 4 heterocycles. The Labute approximate surface area is 164 Å². The van der Waals surface area contributed by atoms with E-state index in [0.717, 1.165) is 31.3 Å². The lowest BCUT2D eigenvalue weighted by molar-refractivity contribution is -0.0365. The van der Waals surface area contributed by atoms with Crippen molar-refractivity contribution in [3.8, 4) is 5.75 Å². The molecule has 1 aromatic carbocycles. The number of benzene rings is 1. The predicted molar refractivity (Wildman–Crippen MR) is 105 cm³/mol. The van der Waals surface area contributed by atoms with Crippen molar-refractivity contribution in [3.05, 3.63) is 48.7 Å². The van der Waals surface area contributed by atoms with Crippen molar-refractivity contribution < 1.29 is 21.9 Å². The molecular weight excluding hydrogens is 380 g/mol. The highest BCUT2D eigenvalue weighted by atomic mass is 32.3. The van der Waals surface area contributed by atoms with Gasteiger partial charge in [-0.05, 0) is 61.1 Å². The maximum atomic E-state index is 11.7. The highest BCUT2D eigenvalue weighted by molar-refractivity contribution is 7.80. The van der Waals surface area contributed by atoms with Gasteiger partial charge in [-0.1, -0.05) is 6.08 Å². The number of methoxy groups -OCH3 is 1. The molecule has 0 amide bonds. The van der Waals surface area contributed by atoms with Crippen LogP contribution in [0, 0.1) is 11.8 Å². The van der Waals surface area contributed by atoms with Crippen molar-refractivity contribution >= 4 is 21.3 Å². The van der Waals surface area contributed by atoms with Gasteiger partial charge in [0.25, 0.3) is 0 Å². The monoisotopic (exact) mass is 404 g/mol. The van der Waals surface area contributed by atoms with Gasteiger partial charge in [0.05, 0.1) is 12.6 Å². The summed E-state index contributed by atoms with van der Waals surface area (Å²) < 4.78 is 43.5. The average molecular weight is 404 g/mol. The minimum Gasteiger partial charge on any atom is -0.497 e. The molecule has 0 radical (unpaired) electrons. The number of hydrogen-bond donors (Lipinski definition) is 1. The van der Waals surface area contributed by atoms with Crippen molar-refractivity contribution in [2.24, 2.45) is 11.8 Å². The summed E-state index contributed by atoms with van der Waals surface area (Å²) in [6, 6.07) is 7.04. The second kappa shape index (κ2) is 7.44. The Morgan fingerprint density at radius 1 is 1.39 bits per heavy atom. The second-order valence-electron chi connectivity index (χ2n) is 7.47. The van der Waals surface area contributed by atoms with Crippen molar-refractivity contribution in [1.82, 2.24) is 9.88 Å². The van der Waals surface area contributed by atoms with Crippen LogP contribution < -0.4 is 4.74 Å². The summed E-state index contributed by atoms with van der Waals surface area (Å²) in [7, 11) is -3.07. The molecule has 7 nitrogen and oxygen atoms in total. The van der Waals surface area contributed by atoms with Gasteiger partial charge >= 0.3 is 10.4 Å². The number of pyridine rings is 1. The van der Waals surface area contributed by atoms with Crippen LogP contribution in [-0.2, 0) is 14.6 Å². The molecule has 28 heavy (non-hydrogen) atoms. The Balaban J connectivity index is 1.80. The summed E-state index contributed by atoms with van der Waals surface area (Å²) >= 11 is 0. The van der Waals surface area contributed by atoms with E-state index in [2.05, 4.69) is 16.5 Å². The zero-order valence-electron chi connectivity index (χ0n) is 15.7. The van der Waals surface area contributed by atoms with E-state index in [-0.39, 0.29) is 6.04 Å². The Morgan fingerprint density at radius 2 is 2.21 bits per heavy atom. The molecule has 3 aliphatic rings. The standard InChI is InChI=1S/C20H24N2O5S/c1-3-13-12-22-9-7-14(13)10-19(22)20(27-28(23,24)25)16-6-8-21-18-5-4-15(26-2)11-17(16)18/h3-6,8,11,13-14,19-20H,1,7,9-10,12H2,2H3,(H,23,24,25). The summed E-state index contributed by atoms with van der Waals surface area (Å²) in [6.07, 6.45) is 4.62. The molecule has 1 aromatic heterocycles. The molecule has 5 rings (SSSR count). The maximum Gasteiger partial charge on any atom is 0.398 e. The first kappa shape index (κ1) is 19.3. The molecule has 150 valence electrons. The van der Waals surface area contributed by atoms with Crippen LogP contribution in [0.5, 0.6) is 5.75 Å². The topological polar surface area (TPSA) is 89.0 Å². The number of aromatic nitrogens is 1. The lowest BCUT2D eigenvalue weighted by atomic mass is 9.73. The van der Waals surface area contributed by atoms with Crippen LogP contribution in [-0.4, -0.2) is 49.1 Å². The fourth-order valence-corrected chi connectivity index (χ4v) is 5.16. The molecule has 3 fully saturated rings. The van der Waals surface area contributed by atoms with Crippen molar-refractivity contribution in [2.75, 3.05) is 20.2 Å². The van der Waals surface area contributed by atoms with Crippen LogP contribution in [0.2, 0.25) is 0 Å². The highest BCUT2D eigenvalue weighted by Crippen LogP contribution is 2.44. The number of fused-ring (bicyclic) bond motifs is 4. The SMILES string of the molecule is C=CC1CN2CCC1CC2C(OS(=O)(=O)O)c1ccnc2ccc(OC)cc12. The summed E-state index contributed by atoms with van der Waals surface area (Å²) in [5.41, 5.74) is 1.39. The Kier molecular flexibility index (Phi) is 5.13. The van der Waals surface area contributed by atoms with Gasteiger partial charge in [0, 0.05) is 24.2 Å². The third kappa shape index (κ3) is 3.65. The quantitative estimate of drug-likeness (QED) is 0.585. The number of rotatable bonds is 6. The summed E-state index contributed by atoms with van der Waals surface area (Å²) in [5, 5.41) is 0.749. The van der Waals surface area contributed by atoms with Crippen molar-refractivity contribution in [1.29, 1.82) is 0 Å². The highest BCUT2D eigenvalue weighted by Gasteiger charge is 2.44. The molecule has 0 aliphatic carbocycles. The van der Waals surface area contributed by atoms with Gasteiger partial charge in [0.1, 0.15) is 11.9 Å². The molecule has 1 N–H and O–H groups in total. The van der Waals surface area contributed by atoms with E-state index in [9.17, 15) is 13.0 Å². The lowest BCUT2D eigenvalue weighted by Gasteiger charge is -2.51. The number of hydrogen-bond acceptors (Lipinski definition) is 6. The van der Waals surface area contributed by atoms with E-state index in [1.807, 2.05) is 18.2 Å². The average Bonchev–Trinajstić information content (AvgIpc) is 2.70. The Bertz CT molecular complexity index is 993. The fourth-order valence-electron chi connectivity index (χ4n) is 4.67. The minimum absolute atomic E-state index is 0.159. The Hall–Kier alpha value is -2.00. The summed E-state index contributed by atoms with van der Waals surface area (Å²) in [5.74, 6) is 1.47. The molecule has 3 aliphatic heterocycles. The van der Waals surface area contributed by atoms with Crippen LogP contribution in [0.3, 0.4) is 0 Å². The molecule has 5 atom stereocenters.